The van der Waals surface area contributed by atoms with Crippen LogP contribution in [0.4, 0.5) is 4.39 Å². The lowest BCUT2D eigenvalue weighted by molar-refractivity contribution is -0.167. The third-order valence-electron chi connectivity index (χ3n) is 7.59. The number of ether oxygens (including phenoxy) is 2. The molecular weight excluding hydrogens is 463 g/mol. The number of benzene rings is 1. The van der Waals surface area contributed by atoms with E-state index in [1.54, 1.807) is 12.1 Å². The summed E-state index contributed by atoms with van der Waals surface area (Å²) in [5.74, 6) is 0.276. The Morgan fingerprint density at radius 3 is 2.31 bits per heavy atom. The Morgan fingerprint density at radius 1 is 0.944 bits per heavy atom. The van der Waals surface area contributed by atoms with E-state index < -0.39 is 5.60 Å². The van der Waals surface area contributed by atoms with Gasteiger partial charge in [0.05, 0.1) is 26.1 Å². The second-order valence-electron chi connectivity index (χ2n) is 10.6. The number of halogens is 1. The van der Waals surface area contributed by atoms with E-state index in [4.69, 9.17) is 9.47 Å². The highest BCUT2D eigenvalue weighted by atomic mass is 19.1. The molecule has 0 N–H and O–H groups in total. The summed E-state index contributed by atoms with van der Waals surface area (Å²) in [6.07, 6.45) is 3.33. The van der Waals surface area contributed by atoms with Crippen LogP contribution in [0.5, 0.6) is 5.75 Å². The average Bonchev–Trinajstić information content (AvgIpc) is 2.89. The molecule has 4 rings (SSSR count). The number of morpholine rings is 1. The van der Waals surface area contributed by atoms with Crippen LogP contribution in [0.15, 0.2) is 24.3 Å². The van der Waals surface area contributed by atoms with Crippen LogP contribution in [0.3, 0.4) is 0 Å². The van der Waals surface area contributed by atoms with E-state index in [9.17, 15) is 14.0 Å². The molecule has 3 aliphatic rings. The molecule has 0 aromatic heterocycles. The predicted octanol–water partition coefficient (Wildman–Crippen LogP) is 2.23. The van der Waals surface area contributed by atoms with Crippen molar-refractivity contribution in [1.82, 2.24) is 19.6 Å². The lowest BCUT2D eigenvalue weighted by atomic mass is 9.96. The molecule has 3 heterocycles. The summed E-state index contributed by atoms with van der Waals surface area (Å²) < 4.78 is 25.6. The molecule has 0 saturated carbocycles. The first-order valence-corrected chi connectivity index (χ1v) is 13.4. The monoisotopic (exact) mass is 504 g/mol. The van der Waals surface area contributed by atoms with Gasteiger partial charge in [0.1, 0.15) is 23.8 Å². The SMILES string of the molecule is CC(C)N1CCN(CC(=O)N2CCOC(COc3ccc(F)cc3)(CC(=O)N3CCCCC3)C2)CC1. The van der Waals surface area contributed by atoms with Crippen LogP contribution in [0, 0.1) is 5.82 Å². The van der Waals surface area contributed by atoms with Crippen molar-refractivity contribution in [2.75, 3.05) is 72.1 Å². The van der Waals surface area contributed by atoms with Crippen molar-refractivity contribution in [3.8, 4) is 5.75 Å². The number of rotatable bonds is 8. The number of hydrogen-bond acceptors (Lipinski definition) is 6. The molecule has 200 valence electrons. The standard InChI is InChI=1S/C27H41FN4O4/c1-22(2)30-14-12-29(13-15-30)19-26(34)32-16-17-36-27(20-32,18-25(33)31-10-4-3-5-11-31)21-35-24-8-6-23(28)7-9-24/h6-9,22H,3-5,10-21H2,1-2H3. The molecular formula is C27H41FN4O4. The van der Waals surface area contributed by atoms with Gasteiger partial charge < -0.3 is 19.3 Å². The Labute approximate surface area is 214 Å². The zero-order valence-electron chi connectivity index (χ0n) is 21.8. The number of likely N-dealkylation sites (tertiary alicyclic amines) is 1. The number of hydrogen-bond donors (Lipinski definition) is 0. The summed E-state index contributed by atoms with van der Waals surface area (Å²) in [6, 6.07) is 6.34. The second kappa shape index (κ2) is 12.3. The molecule has 3 aliphatic heterocycles. The van der Waals surface area contributed by atoms with Gasteiger partial charge in [-0.15, -0.1) is 0 Å². The molecule has 1 atom stereocenters. The number of carbonyl (C=O) groups is 2. The van der Waals surface area contributed by atoms with Crippen LogP contribution in [-0.4, -0.2) is 115 Å². The zero-order chi connectivity index (χ0) is 25.5. The molecule has 1 aromatic carbocycles. The van der Waals surface area contributed by atoms with E-state index in [1.807, 2.05) is 9.80 Å². The fourth-order valence-electron chi connectivity index (χ4n) is 5.31. The minimum atomic E-state index is -0.937. The molecule has 2 amide bonds. The second-order valence-corrected chi connectivity index (χ2v) is 10.6. The van der Waals surface area contributed by atoms with Crippen LogP contribution in [0.2, 0.25) is 0 Å². The largest absolute Gasteiger partial charge is 0.490 e. The first-order chi connectivity index (χ1) is 17.3. The van der Waals surface area contributed by atoms with Crippen molar-refractivity contribution in [1.29, 1.82) is 0 Å². The molecule has 3 fully saturated rings. The Hall–Kier alpha value is -2.23. The van der Waals surface area contributed by atoms with E-state index in [1.165, 1.54) is 12.1 Å². The third-order valence-corrected chi connectivity index (χ3v) is 7.59. The third kappa shape index (κ3) is 7.17. The van der Waals surface area contributed by atoms with Gasteiger partial charge in [-0.3, -0.25) is 19.4 Å². The maximum Gasteiger partial charge on any atom is 0.236 e. The number of piperazine rings is 1. The molecule has 0 bridgehead atoms. The number of amides is 2. The highest BCUT2D eigenvalue weighted by Crippen LogP contribution is 2.27. The first kappa shape index (κ1) is 26.8. The highest BCUT2D eigenvalue weighted by Gasteiger charge is 2.42. The lowest BCUT2D eigenvalue weighted by Gasteiger charge is -2.44. The average molecular weight is 505 g/mol. The Balaban J connectivity index is 1.41. The topological polar surface area (TPSA) is 65.6 Å². The molecule has 1 unspecified atom stereocenters. The van der Waals surface area contributed by atoms with Crippen LogP contribution < -0.4 is 4.74 Å². The summed E-state index contributed by atoms with van der Waals surface area (Å²) in [6.45, 7) is 11.3. The fourth-order valence-corrected chi connectivity index (χ4v) is 5.31. The van der Waals surface area contributed by atoms with Crippen molar-refractivity contribution >= 4 is 11.8 Å². The van der Waals surface area contributed by atoms with Crippen molar-refractivity contribution in [2.24, 2.45) is 0 Å². The van der Waals surface area contributed by atoms with E-state index in [2.05, 4.69) is 23.6 Å². The summed E-state index contributed by atoms with van der Waals surface area (Å²) in [7, 11) is 0. The molecule has 8 nitrogen and oxygen atoms in total. The van der Waals surface area contributed by atoms with Crippen LogP contribution in [0.1, 0.15) is 39.5 Å². The van der Waals surface area contributed by atoms with Gasteiger partial charge in [0.25, 0.3) is 0 Å². The Bertz CT molecular complexity index is 869. The first-order valence-electron chi connectivity index (χ1n) is 13.4. The van der Waals surface area contributed by atoms with Gasteiger partial charge in [-0.05, 0) is 57.4 Å². The van der Waals surface area contributed by atoms with Crippen LogP contribution in [-0.2, 0) is 14.3 Å². The van der Waals surface area contributed by atoms with Gasteiger partial charge in [-0.25, -0.2) is 4.39 Å². The zero-order valence-corrected chi connectivity index (χ0v) is 21.8. The summed E-state index contributed by atoms with van der Waals surface area (Å²) >= 11 is 0. The molecule has 36 heavy (non-hydrogen) atoms. The molecule has 1 aromatic rings. The van der Waals surface area contributed by atoms with Gasteiger partial charge in [0.15, 0.2) is 0 Å². The number of piperidine rings is 1. The molecule has 3 saturated heterocycles. The van der Waals surface area contributed by atoms with Crippen molar-refractivity contribution in [3.05, 3.63) is 30.1 Å². The maximum absolute atomic E-state index is 13.3. The van der Waals surface area contributed by atoms with Gasteiger partial charge in [-0.1, -0.05) is 0 Å². The highest BCUT2D eigenvalue weighted by molar-refractivity contribution is 5.80. The predicted molar refractivity (Wildman–Crippen MR) is 135 cm³/mol. The maximum atomic E-state index is 13.3. The number of carbonyl (C=O) groups excluding carboxylic acids is 2. The normalized spacial score (nSPS) is 24.2. The van der Waals surface area contributed by atoms with E-state index >= 15 is 0 Å². The molecule has 9 heteroatoms. The smallest absolute Gasteiger partial charge is 0.236 e. The van der Waals surface area contributed by atoms with Gasteiger partial charge in [-0.2, -0.15) is 0 Å². The quantitative estimate of drug-likeness (QED) is 0.541. The van der Waals surface area contributed by atoms with E-state index in [0.29, 0.717) is 38.0 Å². The van der Waals surface area contributed by atoms with Gasteiger partial charge in [0.2, 0.25) is 11.8 Å². The van der Waals surface area contributed by atoms with Crippen molar-refractivity contribution in [3.63, 3.8) is 0 Å². The molecule has 0 radical (unpaired) electrons. The fraction of sp³-hybridized carbons (Fsp3) is 0.704. The Morgan fingerprint density at radius 2 is 1.64 bits per heavy atom. The summed E-state index contributed by atoms with van der Waals surface area (Å²) in [5.41, 5.74) is -0.937. The van der Waals surface area contributed by atoms with Crippen LogP contribution in [0.25, 0.3) is 0 Å². The molecule has 0 aliphatic carbocycles. The summed E-state index contributed by atoms with van der Waals surface area (Å²) in [5, 5.41) is 0. The lowest BCUT2D eigenvalue weighted by Crippen LogP contribution is -2.60. The van der Waals surface area contributed by atoms with Crippen molar-refractivity contribution < 1.29 is 23.5 Å². The summed E-state index contributed by atoms with van der Waals surface area (Å²) in [4.78, 5) is 34.9. The van der Waals surface area contributed by atoms with Crippen molar-refractivity contribution in [2.45, 2.75) is 51.2 Å². The molecule has 0 spiro atoms. The van der Waals surface area contributed by atoms with E-state index in [-0.39, 0.29) is 30.7 Å². The minimum Gasteiger partial charge on any atom is -0.490 e. The van der Waals surface area contributed by atoms with Gasteiger partial charge >= 0.3 is 0 Å². The van der Waals surface area contributed by atoms with E-state index in [0.717, 1.165) is 58.5 Å². The minimum absolute atomic E-state index is 0.0384. The van der Waals surface area contributed by atoms with Crippen LogP contribution >= 0.6 is 0 Å². The number of nitrogens with zero attached hydrogens (tertiary/aromatic N) is 4. The Kier molecular flexibility index (Phi) is 9.19. The van der Waals surface area contributed by atoms with Gasteiger partial charge in [0, 0.05) is 51.9 Å².